The zero-order valence-electron chi connectivity index (χ0n) is 14.4. The van der Waals surface area contributed by atoms with Gasteiger partial charge in [0.2, 0.25) is 0 Å². The number of ether oxygens (including phenoxy) is 2. The van der Waals surface area contributed by atoms with Gasteiger partial charge >= 0.3 is 0 Å². The first kappa shape index (κ1) is 21.9. The molecule has 2 N–H and O–H groups in total. The van der Waals surface area contributed by atoms with Crippen molar-refractivity contribution in [2.45, 2.75) is 6.54 Å². The number of thiocarbonyl (C=S) groups is 1. The van der Waals surface area contributed by atoms with Crippen LogP contribution in [0.3, 0.4) is 0 Å². The van der Waals surface area contributed by atoms with Gasteiger partial charge in [0.15, 0.2) is 5.11 Å². The molecule has 0 spiro atoms. The third kappa shape index (κ3) is 6.93. The lowest BCUT2D eigenvalue weighted by atomic mass is 10.2. The van der Waals surface area contributed by atoms with Gasteiger partial charge in [-0.05, 0) is 64.0 Å². The zero-order valence-corrected chi connectivity index (χ0v) is 18.3. The lowest BCUT2D eigenvalue weighted by Gasteiger charge is -2.12. The number of hydrogen-bond acceptors (Lipinski definition) is 4. The van der Waals surface area contributed by atoms with E-state index in [4.69, 9.17) is 44.9 Å². The minimum atomic E-state index is -0.334. The molecule has 1 amide bonds. The van der Waals surface area contributed by atoms with Crippen molar-refractivity contribution in [3.63, 3.8) is 0 Å². The molecule has 0 aromatic heterocycles. The van der Waals surface area contributed by atoms with Crippen LogP contribution < -0.4 is 15.4 Å². The molecular formula is C18H17BrCl2N2O3S. The van der Waals surface area contributed by atoms with E-state index in [2.05, 4.69) is 26.6 Å². The molecule has 0 saturated heterocycles. The van der Waals surface area contributed by atoms with Crippen molar-refractivity contribution >= 4 is 62.4 Å². The first-order valence-corrected chi connectivity index (χ1v) is 9.81. The second kappa shape index (κ2) is 10.8. The first-order chi connectivity index (χ1) is 12.9. The fourth-order valence-electron chi connectivity index (χ4n) is 2.05. The Kier molecular flexibility index (Phi) is 8.79. The van der Waals surface area contributed by atoms with E-state index in [0.29, 0.717) is 45.6 Å². The van der Waals surface area contributed by atoms with Gasteiger partial charge in [0.25, 0.3) is 5.91 Å². The maximum Gasteiger partial charge on any atom is 0.257 e. The zero-order chi connectivity index (χ0) is 19.8. The van der Waals surface area contributed by atoms with E-state index in [0.717, 1.165) is 5.56 Å². The molecule has 0 aliphatic heterocycles. The van der Waals surface area contributed by atoms with E-state index in [-0.39, 0.29) is 11.0 Å². The Labute approximate surface area is 181 Å². The van der Waals surface area contributed by atoms with Gasteiger partial charge in [-0.3, -0.25) is 10.1 Å². The number of nitrogens with one attached hydrogen (secondary N) is 2. The number of methoxy groups -OCH3 is 1. The third-order valence-corrected chi connectivity index (χ3v) is 4.87. The number of hydrogen-bond donors (Lipinski definition) is 2. The summed E-state index contributed by atoms with van der Waals surface area (Å²) < 4.78 is 11.1. The largest absolute Gasteiger partial charge is 0.490 e. The molecule has 5 nitrogen and oxygen atoms in total. The highest BCUT2D eigenvalue weighted by Crippen LogP contribution is 2.26. The normalized spacial score (nSPS) is 10.4. The number of carbonyl (C=O) groups excluding carboxylic acids is 1. The van der Waals surface area contributed by atoms with Crippen LogP contribution in [0.4, 0.5) is 0 Å². The molecule has 0 bridgehead atoms. The van der Waals surface area contributed by atoms with Crippen molar-refractivity contribution in [2.24, 2.45) is 0 Å². The van der Waals surface area contributed by atoms with Gasteiger partial charge in [0.05, 0.1) is 11.1 Å². The van der Waals surface area contributed by atoms with Gasteiger partial charge in [0, 0.05) is 29.3 Å². The highest BCUT2D eigenvalue weighted by atomic mass is 79.9. The van der Waals surface area contributed by atoms with Crippen LogP contribution in [0.15, 0.2) is 40.9 Å². The van der Waals surface area contributed by atoms with E-state index in [9.17, 15) is 4.79 Å². The Hall–Kier alpha value is -1.38. The molecule has 0 saturated carbocycles. The monoisotopic (exact) mass is 490 g/mol. The standard InChI is InChI=1S/C18H17BrCl2N2O3S/c1-25-6-7-26-16-5-3-11(8-14(16)19)17(24)23-18(27)22-10-12-2-4-13(20)9-15(12)21/h2-5,8-9H,6-7,10H2,1H3,(H2,22,23,24,27). The molecule has 0 heterocycles. The Morgan fingerprint density at radius 3 is 2.63 bits per heavy atom. The summed E-state index contributed by atoms with van der Waals surface area (Å²) in [6, 6.07) is 10.2. The molecule has 0 radical (unpaired) electrons. The summed E-state index contributed by atoms with van der Waals surface area (Å²) >= 11 is 20.5. The van der Waals surface area contributed by atoms with E-state index in [1.54, 1.807) is 43.5 Å². The number of amides is 1. The first-order valence-electron chi connectivity index (χ1n) is 7.85. The van der Waals surface area contributed by atoms with Crippen LogP contribution in [0.2, 0.25) is 10.0 Å². The minimum absolute atomic E-state index is 0.197. The molecule has 0 atom stereocenters. The summed E-state index contributed by atoms with van der Waals surface area (Å²) in [5, 5.41) is 6.85. The summed E-state index contributed by atoms with van der Waals surface area (Å²) in [6.45, 7) is 1.26. The van der Waals surface area contributed by atoms with E-state index in [1.807, 2.05) is 0 Å². The van der Waals surface area contributed by atoms with Crippen molar-refractivity contribution in [3.05, 3.63) is 62.0 Å². The Bertz CT molecular complexity index is 836. The average Bonchev–Trinajstić information content (AvgIpc) is 2.62. The molecule has 0 unspecified atom stereocenters. The molecule has 2 rings (SSSR count). The van der Waals surface area contributed by atoms with Crippen molar-refractivity contribution in [2.75, 3.05) is 20.3 Å². The minimum Gasteiger partial charge on any atom is -0.490 e. The second-order valence-electron chi connectivity index (χ2n) is 5.36. The number of benzene rings is 2. The highest BCUT2D eigenvalue weighted by molar-refractivity contribution is 9.10. The van der Waals surface area contributed by atoms with Gasteiger partial charge in [-0.15, -0.1) is 0 Å². The maximum absolute atomic E-state index is 12.3. The Morgan fingerprint density at radius 2 is 1.96 bits per heavy atom. The van der Waals surface area contributed by atoms with Gasteiger partial charge in [-0.1, -0.05) is 29.3 Å². The number of carbonyl (C=O) groups is 1. The van der Waals surface area contributed by atoms with Crippen LogP contribution in [-0.2, 0) is 11.3 Å². The van der Waals surface area contributed by atoms with Gasteiger partial charge in [-0.2, -0.15) is 0 Å². The maximum atomic E-state index is 12.3. The van der Waals surface area contributed by atoms with Crippen molar-refractivity contribution in [1.82, 2.24) is 10.6 Å². The summed E-state index contributed by atoms with van der Waals surface area (Å²) in [4.78, 5) is 12.3. The van der Waals surface area contributed by atoms with E-state index in [1.165, 1.54) is 0 Å². The second-order valence-corrected chi connectivity index (χ2v) is 7.47. The van der Waals surface area contributed by atoms with Gasteiger partial charge in [0.1, 0.15) is 12.4 Å². The summed E-state index contributed by atoms with van der Waals surface area (Å²) in [5.74, 6) is 0.292. The predicted octanol–water partition coefficient (Wildman–Crippen LogP) is 4.59. The third-order valence-electron chi connectivity index (χ3n) is 3.42. The van der Waals surface area contributed by atoms with Crippen LogP contribution in [0.5, 0.6) is 5.75 Å². The highest BCUT2D eigenvalue weighted by Gasteiger charge is 2.11. The van der Waals surface area contributed by atoms with Gasteiger partial charge in [-0.25, -0.2) is 0 Å². The van der Waals surface area contributed by atoms with Crippen molar-refractivity contribution in [3.8, 4) is 5.75 Å². The fraction of sp³-hybridized carbons (Fsp3) is 0.222. The lowest BCUT2D eigenvalue weighted by Crippen LogP contribution is -2.38. The fourth-order valence-corrected chi connectivity index (χ4v) is 3.19. The molecule has 0 aliphatic carbocycles. The molecule has 2 aromatic rings. The van der Waals surface area contributed by atoms with Crippen LogP contribution in [0.1, 0.15) is 15.9 Å². The molecule has 9 heteroatoms. The van der Waals surface area contributed by atoms with Crippen LogP contribution in [-0.4, -0.2) is 31.3 Å². The summed E-state index contributed by atoms with van der Waals surface area (Å²) in [5.41, 5.74) is 1.26. The van der Waals surface area contributed by atoms with Crippen molar-refractivity contribution < 1.29 is 14.3 Å². The van der Waals surface area contributed by atoms with Gasteiger partial charge < -0.3 is 14.8 Å². The Balaban J connectivity index is 1.90. The smallest absolute Gasteiger partial charge is 0.257 e. The molecule has 0 fully saturated rings. The molecular weight excluding hydrogens is 475 g/mol. The number of rotatable bonds is 7. The van der Waals surface area contributed by atoms with E-state index >= 15 is 0 Å². The van der Waals surface area contributed by atoms with Crippen LogP contribution in [0, 0.1) is 0 Å². The number of halogens is 3. The lowest BCUT2D eigenvalue weighted by molar-refractivity contribution is 0.0976. The predicted molar refractivity (Wildman–Crippen MR) is 115 cm³/mol. The SMILES string of the molecule is COCCOc1ccc(C(=O)NC(=S)NCc2ccc(Cl)cc2Cl)cc1Br. The quantitative estimate of drug-likeness (QED) is 0.438. The van der Waals surface area contributed by atoms with Crippen LogP contribution in [0.25, 0.3) is 0 Å². The topological polar surface area (TPSA) is 59.6 Å². The molecule has 144 valence electrons. The van der Waals surface area contributed by atoms with Crippen molar-refractivity contribution in [1.29, 1.82) is 0 Å². The molecule has 27 heavy (non-hydrogen) atoms. The van der Waals surface area contributed by atoms with E-state index < -0.39 is 0 Å². The van der Waals surface area contributed by atoms with Crippen LogP contribution >= 0.6 is 51.3 Å². The Morgan fingerprint density at radius 1 is 1.19 bits per heavy atom. The summed E-state index contributed by atoms with van der Waals surface area (Å²) in [7, 11) is 1.60. The summed E-state index contributed by atoms with van der Waals surface area (Å²) in [6.07, 6.45) is 0. The average molecular weight is 492 g/mol. The molecule has 2 aromatic carbocycles. The molecule has 0 aliphatic rings.